The first-order valence-electron chi connectivity index (χ1n) is 12.3. The van der Waals surface area contributed by atoms with E-state index < -0.39 is 17.7 Å². The van der Waals surface area contributed by atoms with Crippen LogP contribution in [-0.4, -0.2) is 10.5 Å². The summed E-state index contributed by atoms with van der Waals surface area (Å²) in [5.41, 5.74) is 7.43. The Morgan fingerprint density at radius 1 is 0.865 bits per heavy atom. The largest absolute Gasteiger partial charge is 0.345 e. The number of benzene rings is 4. The molecule has 5 rings (SSSR count). The van der Waals surface area contributed by atoms with Gasteiger partial charge in [0.1, 0.15) is 0 Å². The highest BCUT2D eigenvalue weighted by molar-refractivity contribution is 5.99. The molecule has 0 fully saturated rings. The standard InChI is InChI=1S/C32H28F2N2O/c1-20-22(3)36(19-23-12-14-25(15-13-23)24-8-5-4-6-9-24)30-17-16-26(18-28(20)30)32(37)35-21(2)27-10-7-11-29(33)31(27)34/h4-18,21H,19H2,1-3H3,(H,35,37)/t21-/m0/s1. The minimum atomic E-state index is -0.939. The Kier molecular flexibility index (Phi) is 6.62. The summed E-state index contributed by atoms with van der Waals surface area (Å²) in [4.78, 5) is 13.0. The monoisotopic (exact) mass is 494 g/mol. The molecular weight excluding hydrogens is 466 g/mol. The highest BCUT2D eigenvalue weighted by atomic mass is 19.2. The van der Waals surface area contributed by atoms with Gasteiger partial charge in [-0.1, -0.05) is 66.7 Å². The quantitative estimate of drug-likeness (QED) is 0.257. The van der Waals surface area contributed by atoms with E-state index in [9.17, 15) is 13.6 Å². The van der Waals surface area contributed by atoms with Gasteiger partial charge in [0, 0.05) is 34.3 Å². The summed E-state index contributed by atoms with van der Waals surface area (Å²) in [6.07, 6.45) is 0. The molecule has 4 aromatic carbocycles. The average molecular weight is 495 g/mol. The SMILES string of the molecule is Cc1c(C)n(Cc2ccc(-c3ccccc3)cc2)c2ccc(C(=O)N[C@@H](C)c3cccc(F)c3F)cc12. The lowest BCUT2D eigenvalue weighted by Gasteiger charge is -2.15. The molecule has 1 amide bonds. The van der Waals surface area contributed by atoms with Gasteiger partial charge >= 0.3 is 0 Å². The minimum Gasteiger partial charge on any atom is -0.345 e. The van der Waals surface area contributed by atoms with Gasteiger partial charge < -0.3 is 9.88 Å². The van der Waals surface area contributed by atoms with Gasteiger partial charge in [-0.2, -0.15) is 0 Å². The van der Waals surface area contributed by atoms with E-state index >= 15 is 0 Å². The van der Waals surface area contributed by atoms with Crippen LogP contribution < -0.4 is 5.32 Å². The Morgan fingerprint density at radius 2 is 1.57 bits per heavy atom. The Balaban J connectivity index is 1.38. The molecule has 0 aliphatic heterocycles. The van der Waals surface area contributed by atoms with E-state index in [1.807, 2.05) is 30.3 Å². The van der Waals surface area contributed by atoms with E-state index in [1.54, 1.807) is 13.0 Å². The molecule has 0 saturated carbocycles. The number of fused-ring (bicyclic) bond motifs is 1. The minimum absolute atomic E-state index is 0.117. The molecular formula is C32H28F2N2O. The van der Waals surface area contributed by atoms with E-state index in [0.29, 0.717) is 12.1 Å². The Labute approximate surface area is 215 Å². The summed E-state index contributed by atoms with van der Waals surface area (Å²) in [6.45, 7) is 6.50. The first-order chi connectivity index (χ1) is 17.8. The molecule has 37 heavy (non-hydrogen) atoms. The van der Waals surface area contributed by atoms with Gasteiger partial charge in [0.2, 0.25) is 0 Å². The van der Waals surface area contributed by atoms with E-state index in [4.69, 9.17) is 0 Å². The predicted molar refractivity (Wildman–Crippen MR) is 145 cm³/mol. The number of aryl methyl sites for hydroxylation is 1. The first kappa shape index (κ1) is 24.4. The number of aromatic nitrogens is 1. The lowest BCUT2D eigenvalue weighted by Crippen LogP contribution is -2.27. The average Bonchev–Trinajstić information content (AvgIpc) is 3.15. The number of hydrogen-bond acceptors (Lipinski definition) is 1. The van der Waals surface area contributed by atoms with Crippen molar-refractivity contribution in [1.82, 2.24) is 9.88 Å². The first-order valence-corrected chi connectivity index (χ1v) is 12.3. The van der Waals surface area contributed by atoms with Gasteiger partial charge in [-0.05, 0) is 67.3 Å². The smallest absolute Gasteiger partial charge is 0.251 e. The second-order valence-corrected chi connectivity index (χ2v) is 9.43. The zero-order valence-electron chi connectivity index (χ0n) is 21.1. The molecule has 0 unspecified atom stereocenters. The van der Waals surface area contributed by atoms with Crippen molar-refractivity contribution in [2.24, 2.45) is 0 Å². The van der Waals surface area contributed by atoms with Crippen LogP contribution in [0, 0.1) is 25.5 Å². The lowest BCUT2D eigenvalue weighted by atomic mass is 10.0. The topological polar surface area (TPSA) is 34.0 Å². The third kappa shape index (κ3) is 4.77. The number of halogens is 2. The summed E-state index contributed by atoms with van der Waals surface area (Å²) in [7, 11) is 0. The molecule has 0 aliphatic carbocycles. The van der Waals surface area contributed by atoms with Gasteiger partial charge in [0.15, 0.2) is 11.6 Å². The molecule has 1 N–H and O–H groups in total. The number of nitrogens with one attached hydrogen (secondary N) is 1. The summed E-state index contributed by atoms with van der Waals surface area (Å²) in [6, 6.07) is 27.8. The highest BCUT2D eigenvalue weighted by Gasteiger charge is 2.19. The second-order valence-electron chi connectivity index (χ2n) is 9.43. The van der Waals surface area contributed by atoms with Crippen molar-refractivity contribution >= 4 is 16.8 Å². The Morgan fingerprint density at radius 3 is 2.30 bits per heavy atom. The molecule has 1 aromatic heterocycles. The van der Waals surface area contributed by atoms with E-state index in [-0.39, 0.29) is 11.5 Å². The number of rotatable bonds is 6. The summed E-state index contributed by atoms with van der Waals surface area (Å²) < 4.78 is 30.1. The van der Waals surface area contributed by atoms with Gasteiger partial charge in [0.25, 0.3) is 5.91 Å². The molecule has 0 aliphatic rings. The molecule has 1 atom stereocenters. The van der Waals surface area contributed by atoms with Gasteiger partial charge in [-0.25, -0.2) is 8.78 Å². The molecule has 186 valence electrons. The second kappa shape index (κ2) is 10.0. The number of nitrogens with zero attached hydrogens (tertiary/aromatic N) is 1. The maximum absolute atomic E-state index is 14.2. The molecule has 3 nitrogen and oxygen atoms in total. The molecule has 0 spiro atoms. The molecule has 0 radical (unpaired) electrons. The molecule has 0 bridgehead atoms. The maximum Gasteiger partial charge on any atom is 0.251 e. The van der Waals surface area contributed by atoms with Gasteiger partial charge in [-0.3, -0.25) is 4.79 Å². The van der Waals surface area contributed by atoms with E-state index in [2.05, 4.69) is 60.1 Å². The van der Waals surface area contributed by atoms with Crippen molar-refractivity contribution < 1.29 is 13.6 Å². The van der Waals surface area contributed by atoms with Crippen LogP contribution in [-0.2, 0) is 6.54 Å². The fraction of sp³-hybridized carbons (Fsp3) is 0.156. The van der Waals surface area contributed by atoms with Crippen molar-refractivity contribution in [2.75, 3.05) is 0 Å². The third-order valence-corrected chi connectivity index (χ3v) is 7.10. The zero-order valence-corrected chi connectivity index (χ0v) is 21.1. The van der Waals surface area contributed by atoms with Crippen molar-refractivity contribution in [3.05, 3.63) is 131 Å². The van der Waals surface area contributed by atoms with Crippen LogP contribution in [0.2, 0.25) is 0 Å². The van der Waals surface area contributed by atoms with Crippen molar-refractivity contribution in [1.29, 1.82) is 0 Å². The fourth-order valence-electron chi connectivity index (χ4n) is 4.82. The van der Waals surface area contributed by atoms with E-state index in [0.717, 1.165) is 28.2 Å². The van der Waals surface area contributed by atoms with Crippen LogP contribution in [0.3, 0.4) is 0 Å². The van der Waals surface area contributed by atoms with Crippen LogP contribution in [0.15, 0.2) is 91.0 Å². The molecule has 5 heteroatoms. The predicted octanol–water partition coefficient (Wildman–Crippen LogP) is 7.74. The number of hydrogen-bond donors (Lipinski definition) is 1. The summed E-state index contributed by atoms with van der Waals surface area (Å²) >= 11 is 0. The Bertz CT molecular complexity index is 1590. The normalized spacial score (nSPS) is 12.0. The highest BCUT2D eigenvalue weighted by Crippen LogP contribution is 2.28. The van der Waals surface area contributed by atoms with Crippen LogP contribution in [0.4, 0.5) is 8.78 Å². The van der Waals surface area contributed by atoms with Crippen LogP contribution >= 0.6 is 0 Å². The number of amides is 1. The van der Waals surface area contributed by atoms with Crippen LogP contribution in [0.5, 0.6) is 0 Å². The molecule has 0 saturated heterocycles. The maximum atomic E-state index is 14.2. The van der Waals surface area contributed by atoms with E-state index in [1.165, 1.54) is 28.8 Å². The van der Waals surface area contributed by atoms with Gasteiger partial charge in [-0.15, -0.1) is 0 Å². The Hall–Kier alpha value is -4.25. The van der Waals surface area contributed by atoms with Gasteiger partial charge in [0.05, 0.1) is 6.04 Å². The third-order valence-electron chi connectivity index (χ3n) is 7.10. The lowest BCUT2D eigenvalue weighted by molar-refractivity contribution is 0.0939. The molecule has 5 aromatic rings. The van der Waals surface area contributed by atoms with Crippen molar-refractivity contribution in [3.8, 4) is 11.1 Å². The van der Waals surface area contributed by atoms with Crippen molar-refractivity contribution in [2.45, 2.75) is 33.4 Å². The summed E-state index contributed by atoms with van der Waals surface area (Å²) in [5.74, 6) is -2.20. The van der Waals surface area contributed by atoms with Crippen molar-refractivity contribution in [3.63, 3.8) is 0 Å². The fourth-order valence-corrected chi connectivity index (χ4v) is 4.82. The number of carbonyl (C=O) groups is 1. The zero-order chi connectivity index (χ0) is 26.1. The molecule has 1 heterocycles. The number of carbonyl (C=O) groups excluding carboxylic acids is 1. The van der Waals surface area contributed by atoms with Crippen LogP contribution in [0.1, 0.15) is 45.7 Å². The van der Waals surface area contributed by atoms with Crippen LogP contribution in [0.25, 0.3) is 22.0 Å². The summed E-state index contributed by atoms with van der Waals surface area (Å²) in [5, 5.41) is 3.79.